The fraction of sp³-hybridized carbons (Fsp3) is 1.00. The Bertz CT molecular complexity index is 191. The molecule has 0 aliphatic heterocycles. The van der Waals surface area contributed by atoms with Crippen LogP contribution in [-0.2, 0) is 0 Å². The number of hydrogen-bond acceptors (Lipinski definition) is 2. The summed E-state index contributed by atoms with van der Waals surface area (Å²) in [7, 11) is 0. The lowest BCUT2D eigenvalue weighted by molar-refractivity contribution is -0.0566. The van der Waals surface area contributed by atoms with Gasteiger partial charge in [-0.3, -0.25) is 0 Å². The molecule has 2 nitrogen and oxygen atoms in total. The third-order valence-electron chi connectivity index (χ3n) is 4.64. The molecule has 2 saturated carbocycles. The lowest BCUT2D eigenvalue weighted by atomic mass is 9.71. The molecule has 2 rings (SSSR count). The smallest absolute Gasteiger partial charge is 0.0646 e. The Morgan fingerprint density at radius 3 is 2.13 bits per heavy atom. The highest BCUT2D eigenvalue weighted by Gasteiger charge is 2.43. The SMILES string of the molecule is OCC1([C@H](O)C2CCCCC2)CCCC1. The fourth-order valence-corrected chi connectivity index (χ4v) is 3.58. The Hall–Kier alpha value is -0.0800. The van der Waals surface area contributed by atoms with Gasteiger partial charge in [0.05, 0.1) is 12.7 Å². The average Bonchev–Trinajstić information content (AvgIpc) is 2.79. The Kier molecular flexibility index (Phi) is 3.68. The van der Waals surface area contributed by atoms with E-state index in [1.165, 1.54) is 44.9 Å². The van der Waals surface area contributed by atoms with Crippen molar-refractivity contribution in [2.45, 2.75) is 63.9 Å². The van der Waals surface area contributed by atoms with Gasteiger partial charge in [-0.25, -0.2) is 0 Å². The van der Waals surface area contributed by atoms with E-state index >= 15 is 0 Å². The first kappa shape index (κ1) is 11.4. The standard InChI is InChI=1S/C13H24O2/c14-10-13(8-4-5-9-13)12(15)11-6-2-1-3-7-11/h11-12,14-15H,1-10H2/t12-/m1/s1. The summed E-state index contributed by atoms with van der Waals surface area (Å²) in [6.45, 7) is 0.185. The molecule has 1 atom stereocenters. The van der Waals surface area contributed by atoms with E-state index in [9.17, 15) is 10.2 Å². The summed E-state index contributed by atoms with van der Waals surface area (Å²) in [5, 5.41) is 20.0. The molecule has 0 aromatic rings. The van der Waals surface area contributed by atoms with Gasteiger partial charge in [0.2, 0.25) is 0 Å². The summed E-state index contributed by atoms with van der Waals surface area (Å²) < 4.78 is 0. The van der Waals surface area contributed by atoms with Crippen LogP contribution in [0, 0.1) is 11.3 Å². The molecular formula is C13H24O2. The van der Waals surface area contributed by atoms with Gasteiger partial charge in [0.15, 0.2) is 0 Å². The van der Waals surface area contributed by atoms with Gasteiger partial charge in [-0.2, -0.15) is 0 Å². The molecule has 0 amide bonds. The van der Waals surface area contributed by atoms with Gasteiger partial charge in [0, 0.05) is 5.41 Å². The van der Waals surface area contributed by atoms with E-state index in [1.54, 1.807) is 0 Å². The maximum atomic E-state index is 10.5. The molecule has 2 aliphatic carbocycles. The Balaban J connectivity index is 2.00. The summed E-state index contributed by atoms with van der Waals surface area (Å²) in [5.74, 6) is 0.462. The highest BCUT2D eigenvalue weighted by molar-refractivity contribution is 4.93. The third-order valence-corrected chi connectivity index (χ3v) is 4.64. The van der Waals surface area contributed by atoms with E-state index in [1.807, 2.05) is 0 Å². The van der Waals surface area contributed by atoms with Gasteiger partial charge < -0.3 is 10.2 Å². The topological polar surface area (TPSA) is 40.5 Å². The summed E-state index contributed by atoms with van der Waals surface area (Å²) >= 11 is 0. The van der Waals surface area contributed by atoms with Crippen molar-refractivity contribution in [3.05, 3.63) is 0 Å². The first-order chi connectivity index (χ1) is 7.28. The highest BCUT2D eigenvalue weighted by Crippen LogP contribution is 2.45. The fourth-order valence-electron chi connectivity index (χ4n) is 3.58. The van der Waals surface area contributed by atoms with Crippen LogP contribution in [0.4, 0.5) is 0 Å². The lowest BCUT2D eigenvalue weighted by Gasteiger charge is -2.39. The van der Waals surface area contributed by atoms with Gasteiger partial charge in [-0.15, -0.1) is 0 Å². The van der Waals surface area contributed by atoms with Crippen LogP contribution in [0.3, 0.4) is 0 Å². The van der Waals surface area contributed by atoms with Gasteiger partial charge in [0.1, 0.15) is 0 Å². The van der Waals surface area contributed by atoms with Gasteiger partial charge in [-0.05, 0) is 31.6 Å². The van der Waals surface area contributed by atoms with Crippen molar-refractivity contribution in [3.63, 3.8) is 0 Å². The molecule has 2 aliphatic rings. The predicted octanol–water partition coefficient (Wildman–Crippen LogP) is 2.48. The van der Waals surface area contributed by atoms with E-state index in [0.717, 1.165) is 12.8 Å². The highest BCUT2D eigenvalue weighted by atomic mass is 16.3. The van der Waals surface area contributed by atoms with Crippen LogP contribution >= 0.6 is 0 Å². The Morgan fingerprint density at radius 2 is 1.60 bits per heavy atom. The number of aliphatic hydroxyl groups excluding tert-OH is 2. The van der Waals surface area contributed by atoms with E-state index < -0.39 is 0 Å². The van der Waals surface area contributed by atoms with E-state index in [-0.39, 0.29) is 18.1 Å². The van der Waals surface area contributed by atoms with Crippen LogP contribution in [0.2, 0.25) is 0 Å². The molecule has 2 fully saturated rings. The molecule has 15 heavy (non-hydrogen) atoms. The second kappa shape index (κ2) is 4.84. The quantitative estimate of drug-likeness (QED) is 0.754. The van der Waals surface area contributed by atoms with E-state index in [0.29, 0.717) is 5.92 Å². The molecule has 0 radical (unpaired) electrons. The van der Waals surface area contributed by atoms with E-state index in [2.05, 4.69) is 0 Å². The van der Waals surface area contributed by atoms with Crippen molar-refractivity contribution in [1.82, 2.24) is 0 Å². The van der Waals surface area contributed by atoms with Crippen LogP contribution < -0.4 is 0 Å². The van der Waals surface area contributed by atoms with Crippen molar-refractivity contribution in [3.8, 4) is 0 Å². The van der Waals surface area contributed by atoms with Crippen LogP contribution in [-0.4, -0.2) is 22.9 Å². The van der Waals surface area contributed by atoms with Crippen molar-refractivity contribution < 1.29 is 10.2 Å². The second-order valence-electron chi connectivity index (χ2n) is 5.57. The normalized spacial score (nSPS) is 29.2. The largest absolute Gasteiger partial charge is 0.396 e. The van der Waals surface area contributed by atoms with Crippen LogP contribution in [0.1, 0.15) is 57.8 Å². The lowest BCUT2D eigenvalue weighted by Crippen LogP contribution is -2.42. The predicted molar refractivity (Wildman–Crippen MR) is 60.6 cm³/mol. The molecule has 0 saturated heterocycles. The van der Waals surface area contributed by atoms with Crippen molar-refractivity contribution in [2.24, 2.45) is 11.3 Å². The third kappa shape index (κ3) is 2.21. The van der Waals surface area contributed by atoms with Gasteiger partial charge >= 0.3 is 0 Å². The summed E-state index contributed by atoms with van der Waals surface area (Å²) in [6, 6.07) is 0. The van der Waals surface area contributed by atoms with E-state index in [4.69, 9.17) is 0 Å². The van der Waals surface area contributed by atoms with Crippen molar-refractivity contribution in [1.29, 1.82) is 0 Å². The minimum Gasteiger partial charge on any atom is -0.396 e. The van der Waals surface area contributed by atoms with Gasteiger partial charge in [-0.1, -0.05) is 32.1 Å². The molecule has 2 N–H and O–H groups in total. The molecule has 2 heteroatoms. The number of aliphatic hydroxyl groups is 2. The molecule has 0 heterocycles. The molecule has 0 bridgehead atoms. The summed E-state index contributed by atoms with van der Waals surface area (Å²) in [4.78, 5) is 0. The van der Waals surface area contributed by atoms with Crippen molar-refractivity contribution >= 4 is 0 Å². The van der Waals surface area contributed by atoms with Crippen molar-refractivity contribution in [2.75, 3.05) is 6.61 Å². The van der Waals surface area contributed by atoms with Crippen LogP contribution in [0.25, 0.3) is 0 Å². The van der Waals surface area contributed by atoms with Crippen LogP contribution in [0.5, 0.6) is 0 Å². The molecule has 0 spiro atoms. The van der Waals surface area contributed by atoms with Gasteiger partial charge in [0.25, 0.3) is 0 Å². The zero-order valence-corrected chi connectivity index (χ0v) is 9.62. The minimum absolute atomic E-state index is 0.137. The Morgan fingerprint density at radius 1 is 1.00 bits per heavy atom. The molecule has 88 valence electrons. The number of rotatable bonds is 3. The monoisotopic (exact) mass is 212 g/mol. The molecule has 0 aromatic carbocycles. The minimum atomic E-state index is -0.245. The zero-order valence-electron chi connectivity index (χ0n) is 9.62. The zero-order chi connectivity index (χ0) is 10.7. The second-order valence-corrected chi connectivity index (χ2v) is 5.57. The molecular weight excluding hydrogens is 188 g/mol. The molecule has 0 unspecified atom stereocenters. The summed E-state index contributed by atoms with van der Waals surface area (Å²) in [6.07, 6.45) is 10.4. The Labute approximate surface area is 92.7 Å². The first-order valence-corrected chi connectivity index (χ1v) is 6.57. The average molecular weight is 212 g/mol. The number of hydrogen-bond donors (Lipinski definition) is 2. The molecule has 0 aromatic heterocycles. The maximum absolute atomic E-state index is 10.5. The first-order valence-electron chi connectivity index (χ1n) is 6.57. The maximum Gasteiger partial charge on any atom is 0.0646 e. The van der Waals surface area contributed by atoms with Crippen LogP contribution in [0.15, 0.2) is 0 Å². The summed E-state index contributed by atoms with van der Waals surface area (Å²) in [5.41, 5.74) is -0.137.